The number of hydrogen-bond acceptors (Lipinski definition) is 6. The Morgan fingerprint density at radius 3 is 2.90 bits per heavy atom. The van der Waals surface area contributed by atoms with E-state index in [0.29, 0.717) is 23.3 Å². The molecule has 2 fully saturated rings. The lowest BCUT2D eigenvalue weighted by Gasteiger charge is -2.22. The lowest BCUT2D eigenvalue weighted by atomic mass is 9.99. The molecule has 2 saturated heterocycles. The zero-order chi connectivity index (χ0) is 20.8. The monoisotopic (exact) mass is 429 g/mol. The predicted molar refractivity (Wildman–Crippen MR) is 119 cm³/mol. The Morgan fingerprint density at radius 2 is 2.10 bits per heavy atom. The van der Waals surface area contributed by atoms with Gasteiger partial charge in [-0.1, -0.05) is 11.6 Å². The summed E-state index contributed by atoms with van der Waals surface area (Å²) in [5.41, 5.74) is 2.49. The highest BCUT2D eigenvalue weighted by atomic mass is 35.5. The quantitative estimate of drug-likeness (QED) is 0.650. The first-order chi connectivity index (χ1) is 14.7. The van der Waals surface area contributed by atoms with Crippen molar-refractivity contribution in [2.24, 2.45) is 11.8 Å². The van der Waals surface area contributed by atoms with Crippen molar-refractivity contribution in [1.29, 1.82) is 0 Å². The largest absolute Gasteiger partial charge is 0.385 e. The molecule has 7 nitrogen and oxygen atoms in total. The van der Waals surface area contributed by atoms with Gasteiger partial charge < -0.3 is 20.7 Å². The smallest absolute Gasteiger partial charge is 0.229 e. The van der Waals surface area contributed by atoms with Gasteiger partial charge in [-0.05, 0) is 56.3 Å². The number of nitrogens with one attached hydrogen (secondary N) is 3. The second-order valence-electron chi connectivity index (χ2n) is 7.95. The number of pyridine rings is 2. The van der Waals surface area contributed by atoms with Crippen molar-refractivity contribution in [3.63, 3.8) is 0 Å². The molecule has 2 aromatic heterocycles. The van der Waals surface area contributed by atoms with Crippen molar-refractivity contribution in [3.8, 4) is 11.3 Å². The summed E-state index contributed by atoms with van der Waals surface area (Å²) in [6, 6.07) is 5.73. The first-order valence-corrected chi connectivity index (χ1v) is 11.0. The fourth-order valence-electron chi connectivity index (χ4n) is 3.91. The van der Waals surface area contributed by atoms with Crippen LogP contribution in [0.5, 0.6) is 0 Å². The Bertz CT molecular complexity index is 866. The van der Waals surface area contributed by atoms with Crippen molar-refractivity contribution >= 4 is 29.0 Å². The molecule has 2 aliphatic rings. The van der Waals surface area contributed by atoms with E-state index in [9.17, 15) is 4.79 Å². The second kappa shape index (κ2) is 10.2. The van der Waals surface area contributed by atoms with Crippen molar-refractivity contribution in [2.75, 3.05) is 43.5 Å². The van der Waals surface area contributed by atoms with E-state index in [0.717, 1.165) is 68.9 Å². The molecule has 3 N–H and O–H groups in total. The maximum Gasteiger partial charge on any atom is 0.229 e. The molecule has 2 aliphatic heterocycles. The molecule has 160 valence electrons. The average Bonchev–Trinajstić information content (AvgIpc) is 2.80. The Balaban J connectivity index is 1.45. The van der Waals surface area contributed by atoms with Gasteiger partial charge in [0.05, 0.1) is 16.6 Å². The third kappa shape index (κ3) is 5.47. The predicted octanol–water partition coefficient (Wildman–Crippen LogP) is 3.57. The van der Waals surface area contributed by atoms with Gasteiger partial charge in [-0.15, -0.1) is 0 Å². The van der Waals surface area contributed by atoms with Crippen LogP contribution in [0.15, 0.2) is 30.6 Å². The van der Waals surface area contributed by atoms with Gasteiger partial charge in [-0.25, -0.2) is 4.98 Å². The normalized spacial score (nSPS) is 20.0. The molecule has 4 heterocycles. The molecule has 2 aromatic rings. The maximum atomic E-state index is 12.5. The zero-order valence-electron chi connectivity index (χ0n) is 17.0. The summed E-state index contributed by atoms with van der Waals surface area (Å²) >= 11 is 6.41. The maximum absolute atomic E-state index is 12.5. The van der Waals surface area contributed by atoms with Crippen LogP contribution in [0.1, 0.15) is 25.7 Å². The molecular weight excluding hydrogens is 402 g/mol. The summed E-state index contributed by atoms with van der Waals surface area (Å²) in [4.78, 5) is 21.3. The van der Waals surface area contributed by atoms with Crippen LogP contribution < -0.4 is 16.0 Å². The number of rotatable bonds is 6. The van der Waals surface area contributed by atoms with Gasteiger partial charge in [0.15, 0.2) is 0 Å². The van der Waals surface area contributed by atoms with E-state index in [1.807, 2.05) is 12.1 Å². The molecule has 0 saturated carbocycles. The summed E-state index contributed by atoms with van der Waals surface area (Å²) < 4.78 is 5.43. The van der Waals surface area contributed by atoms with Gasteiger partial charge in [0.25, 0.3) is 0 Å². The molecule has 0 aromatic carbocycles. The minimum Gasteiger partial charge on any atom is -0.385 e. The van der Waals surface area contributed by atoms with Crippen LogP contribution in [0.2, 0.25) is 5.02 Å². The van der Waals surface area contributed by atoms with Crippen molar-refractivity contribution in [3.05, 3.63) is 35.6 Å². The van der Waals surface area contributed by atoms with Crippen LogP contribution >= 0.6 is 11.6 Å². The molecule has 0 spiro atoms. The second-order valence-corrected chi connectivity index (χ2v) is 8.36. The van der Waals surface area contributed by atoms with Crippen molar-refractivity contribution in [2.45, 2.75) is 25.7 Å². The van der Waals surface area contributed by atoms with Gasteiger partial charge in [-0.2, -0.15) is 0 Å². The number of carbonyl (C=O) groups excluding carboxylic acids is 1. The molecule has 30 heavy (non-hydrogen) atoms. The van der Waals surface area contributed by atoms with E-state index >= 15 is 0 Å². The average molecular weight is 430 g/mol. The minimum atomic E-state index is -0.0319. The minimum absolute atomic E-state index is 0.0113. The van der Waals surface area contributed by atoms with E-state index < -0.39 is 0 Å². The fraction of sp³-hybridized carbons (Fsp3) is 0.500. The number of nitrogens with zero attached hydrogens (tertiary/aromatic N) is 2. The van der Waals surface area contributed by atoms with Crippen molar-refractivity contribution < 1.29 is 9.53 Å². The zero-order valence-corrected chi connectivity index (χ0v) is 17.8. The van der Waals surface area contributed by atoms with E-state index in [4.69, 9.17) is 16.3 Å². The number of ether oxygens (including phenoxy) is 1. The van der Waals surface area contributed by atoms with Crippen LogP contribution in [0.4, 0.5) is 11.5 Å². The fourth-order valence-corrected chi connectivity index (χ4v) is 4.11. The highest BCUT2D eigenvalue weighted by Crippen LogP contribution is 2.30. The number of anilines is 2. The lowest BCUT2D eigenvalue weighted by molar-refractivity contribution is -0.120. The van der Waals surface area contributed by atoms with Gasteiger partial charge in [-0.3, -0.25) is 9.78 Å². The molecular formula is C22H28ClN5O2. The third-order valence-electron chi connectivity index (χ3n) is 5.75. The number of carbonyl (C=O) groups is 1. The van der Waals surface area contributed by atoms with E-state index in [-0.39, 0.29) is 11.8 Å². The van der Waals surface area contributed by atoms with Crippen LogP contribution in [0.25, 0.3) is 11.3 Å². The van der Waals surface area contributed by atoms with Crippen LogP contribution in [0.3, 0.4) is 0 Å². The third-order valence-corrected chi connectivity index (χ3v) is 6.05. The van der Waals surface area contributed by atoms with Crippen LogP contribution in [0, 0.1) is 11.8 Å². The summed E-state index contributed by atoms with van der Waals surface area (Å²) in [6.07, 6.45) is 7.40. The molecule has 1 atom stereocenters. The van der Waals surface area contributed by atoms with Gasteiger partial charge >= 0.3 is 0 Å². The Morgan fingerprint density at radius 1 is 1.23 bits per heavy atom. The van der Waals surface area contributed by atoms with Crippen LogP contribution in [-0.2, 0) is 9.53 Å². The summed E-state index contributed by atoms with van der Waals surface area (Å²) in [5.74, 6) is 1.07. The van der Waals surface area contributed by atoms with E-state index in [2.05, 4.69) is 25.9 Å². The van der Waals surface area contributed by atoms with Crippen LogP contribution in [-0.4, -0.2) is 48.7 Å². The van der Waals surface area contributed by atoms with Gasteiger partial charge in [0.1, 0.15) is 5.82 Å². The summed E-state index contributed by atoms with van der Waals surface area (Å²) in [6.45, 7) is 4.26. The lowest BCUT2D eigenvalue weighted by Crippen LogP contribution is -2.37. The molecule has 4 rings (SSSR count). The standard InChI is InChI=1S/C22H28ClN5O2/c23-19-14-27-21(28-22(29)16-2-1-6-24-13-16)11-18(19)20-10-17(3-7-25-20)26-12-15-4-8-30-9-5-15/h3,7,10-11,14-16,24H,1-2,4-6,8-9,12-13H2,(H,25,26)(H,27,28,29). The molecule has 1 unspecified atom stereocenters. The topological polar surface area (TPSA) is 88.2 Å². The van der Waals surface area contributed by atoms with Gasteiger partial charge in [0, 0.05) is 49.9 Å². The number of hydrogen-bond donors (Lipinski definition) is 3. The Kier molecular flexibility index (Phi) is 7.15. The molecule has 0 aliphatic carbocycles. The van der Waals surface area contributed by atoms with E-state index in [1.165, 1.54) is 0 Å². The highest BCUT2D eigenvalue weighted by molar-refractivity contribution is 6.33. The molecule has 8 heteroatoms. The van der Waals surface area contributed by atoms with Gasteiger partial charge in [0.2, 0.25) is 5.91 Å². The first-order valence-electron chi connectivity index (χ1n) is 10.6. The SMILES string of the molecule is O=C(Nc1cc(-c2cc(NCC3CCOCC3)ccn2)c(Cl)cn1)C1CCCNC1. The molecule has 1 amide bonds. The molecule has 0 radical (unpaired) electrons. The Hall–Kier alpha value is -2.22. The number of halogens is 1. The summed E-state index contributed by atoms with van der Waals surface area (Å²) in [7, 11) is 0. The van der Waals surface area contributed by atoms with E-state index in [1.54, 1.807) is 18.5 Å². The highest BCUT2D eigenvalue weighted by Gasteiger charge is 2.21. The molecule has 0 bridgehead atoms. The summed E-state index contributed by atoms with van der Waals surface area (Å²) in [5, 5.41) is 10.2. The first kappa shape index (κ1) is 21.0. The van der Waals surface area contributed by atoms with Crippen molar-refractivity contribution in [1.82, 2.24) is 15.3 Å². The number of aromatic nitrogens is 2. The Labute approximate surface area is 182 Å². The number of piperidine rings is 1. The number of amides is 1.